The first-order valence-corrected chi connectivity index (χ1v) is 10.2. The summed E-state index contributed by atoms with van der Waals surface area (Å²) in [5.74, 6) is -0.208. The Bertz CT molecular complexity index is 830. The molecule has 0 unspecified atom stereocenters. The summed E-state index contributed by atoms with van der Waals surface area (Å²) in [5.41, 5.74) is 0.508. The number of carbonyl (C=O) groups excluding carboxylic acids is 3. The smallest absolute Gasteiger partial charge is 0.331 e. The molecular formula is C20H23BrN2O5. The van der Waals surface area contributed by atoms with Gasteiger partial charge in [-0.05, 0) is 43.5 Å². The summed E-state index contributed by atoms with van der Waals surface area (Å²) in [4.78, 5) is 38.9. The average molecular weight is 451 g/mol. The molecule has 0 spiro atoms. The average Bonchev–Trinajstić information content (AvgIpc) is 2.67. The van der Waals surface area contributed by atoms with E-state index in [1.54, 1.807) is 12.1 Å². The molecule has 8 heteroatoms. The molecule has 7 nitrogen and oxygen atoms in total. The Kier molecular flexibility index (Phi) is 6.39. The van der Waals surface area contributed by atoms with Gasteiger partial charge in [-0.1, -0.05) is 35.2 Å². The van der Waals surface area contributed by atoms with E-state index >= 15 is 0 Å². The Morgan fingerprint density at radius 1 is 1.18 bits per heavy atom. The van der Waals surface area contributed by atoms with Crippen LogP contribution in [-0.4, -0.2) is 42.5 Å². The fourth-order valence-electron chi connectivity index (χ4n) is 3.59. The van der Waals surface area contributed by atoms with E-state index in [0.29, 0.717) is 28.1 Å². The Labute approximate surface area is 172 Å². The maximum atomic E-state index is 13.0. The van der Waals surface area contributed by atoms with Gasteiger partial charge >= 0.3 is 6.03 Å². The number of halogens is 1. The zero-order valence-corrected chi connectivity index (χ0v) is 17.5. The van der Waals surface area contributed by atoms with E-state index in [2.05, 4.69) is 21.2 Å². The Morgan fingerprint density at radius 2 is 1.89 bits per heavy atom. The number of hydrogen-bond donors (Lipinski definition) is 1. The van der Waals surface area contributed by atoms with Gasteiger partial charge in [-0.15, -0.1) is 0 Å². The molecule has 2 fully saturated rings. The number of hydrogen-bond acceptors (Lipinski definition) is 5. The number of nitrogens with one attached hydrogen (secondary N) is 1. The Morgan fingerprint density at radius 3 is 2.54 bits per heavy atom. The van der Waals surface area contributed by atoms with Crippen LogP contribution in [0.1, 0.15) is 44.6 Å². The molecule has 2 aliphatic rings. The van der Waals surface area contributed by atoms with Crippen molar-refractivity contribution in [3.05, 3.63) is 27.7 Å². The lowest BCUT2D eigenvalue weighted by molar-refractivity contribution is -0.132. The van der Waals surface area contributed by atoms with Crippen molar-refractivity contribution >= 4 is 39.9 Å². The first kappa shape index (κ1) is 20.4. The number of barbiturate groups is 1. The lowest BCUT2D eigenvalue weighted by atomic mass is 9.93. The summed E-state index contributed by atoms with van der Waals surface area (Å²) in [6, 6.07) is 2.60. The third kappa shape index (κ3) is 4.06. The lowest BCUT2D eigenvalue weighted by Crippen LogP contribution is -2.58. The SMILES string of the molecule is CCOc1cc(Br)c(C=C2C(=O)NC(=O)N(C3CCCCC3)C2=O)cc1OC. The van der Waals surface area contributed by atoms with Crippen molar-refractivity contribution in [1.82, 2.24) is 10.2 Å². The maximum Gasteiger partial charge on any atom is 0.331 e. The molecule has 28 heavy (non-hydrogen) atoms. The molecule has 1 aliphatic carbocycles. The van der Waals surface area contributed by atoms with Crippen LogP contribution >= 0.6 is 15.9 Å². The quantitative estimate of drug-likeness (QED) is 0.546. The van der Waals surface area contributed by atoms with Crippen LogP contribution in [0.15, 0.2) is 22.2 Å². The number of ether oxygens (including phenoxy) is 2. The highest BCUT2D eigenvalue weighted by atomic mass is 79.9. The van der Waals surface area contributed by atoms with Crippen LogP contribution in [-0.2, 0) is 9.59 Å². The highest BCUT2D eigenvalue weighted by Gasteiger charge is 2.40. The maximum absolute atomic E-state index is 13.0. The van der Waals surface area contributed by atoms with E-state index < -0.39 is 17.8 Å². The van der Waals surface area contributed by atoms with Gasteiger partial charge < -0.3 is 9.47 Å². The molecule has 1 N–H and O–H groups in total. The van der Waals surface area contributed by atoms with Crippen LogP contribution < -0.4 is 14.8 Å². The van der Waals surface area contributed by atoms with Crippen molar-refractivity contribution < 1.29 is 23.9 Å². The highest BCUT2D eigenvalue weighted by Crippen LogP contribution is 2.35. The number of urea groups is 1. The molecule has 1 saturated carbocycles. The van der Waals surface area contributed by atoms with Gasteiger partial charge in [-0.3, -0.25) is 19.8 Å². The second-order valence-electron chi connectivity index (χ2n) is 6.74. The monoisotopic (exact) mass is 450 g/mol. The molecule has 1 aliphatic heterocycles. The highest BCUT2D eigenvalue weighted by molar-refractivity contribution is 9.10. The lowest BCUT2D eigenvalue weighted by Gasteiger charge is -2.35. The molecule has 1 heterocycles. The molecule has 1 aromatic rings. The van der Waals surface area contributed by atoms with Crippen molar-refractivity contribution in [3.63, 3.8) is 0 Å². The van der Waals surface area contributed by atoms with Crippen LogP contribution in [0.3, 0.4) is 0 Å². The van der Waals surface area contributed by atoms with Crippen LogP contribution in [0.2, 0.25) is 0 Å². The Hall–Kier alpha value is -2.35. The van der Waals surface area contributed by atoms with E-state index in [0.717, 1.165) is 32.1 Å². The van der Waals surface area contributed by atoms with Crippen LogP contribution in [0.25, 0.3) is 6.08 Å². The second kappa shape index (κ2) is 8.77. The van der Waals surface area contributed by atoms with Crippen LogP contribution in [0, 0.1) is 0 Å². The van der Waals surface area contributed by atoms with E-state index in [4.69, 9.17) is 9.47 Å². The van der Waals surface area contributed by atoms with E-state index in [-0.39, 0.29) is 11.6 Å². The molecular weight excluding hydrogens is 428 g/mol. The first-order chi connectivity index (χ1) is 13.5. The van der Waals surface area contributed by atoms with Crippen molar-refractivity contribution in [3.8, 4) is 11.5 Å². The minimum atomic E-state index is -0.693. The van der Waals surface area contributed by atoms with Gasteiger partial charge in [-0.25, -0.2) is 4.79 Å². The molecule has 0 bridgehead atoms. The summed E-state index contributed by atoms with van der Waals surface area (Å²) in [5, 5.41) is 2.29. The van der Waals surface area contributed by atoms with Gasteiger partial charge in [0.15, 0.2) is 11.5 Å². The first-order valence-electron chi connectivity index (χ1n) is 9.37. The molecule has 1 aromatic carbocycles. The van der Waals surface area contributed by atoms with Gasteiger partial charge in [0.05, 0.1) is 13.7 Å². The molecule has 1 saturated heterocycles. The molecule has 0 radical (unpaired) electrons. The number of nitrogens with zero attached hydrogens (tertiary/aromatic N) is 1. The Balaban J connectivity index is 1.96. The number of methoxy groups -OCH3 is 1. The zero-order chi connectivity index (χ0) is 20.3. The summed E-state index contributed by atoms with van der Waals surface area (Å²) in [7, 11) is 1.52. The van der Waals surface area contributed by atoms with Crippen molar-refractivity contribution in [2.45, 2.75) is 45.1 Å². The number of imide groups is 2. The van der Waals surface area contributed by atoms with Gasteiger partial charge in [0.25, 0.3) is 11.8 Å². The molecule has 150 valence electrons. The topological polar surface area (TPSA) is 84.9 Å². The fourth-order valence-corrected chi connectivity index (χ4v) is 4.02. The van der Waals surface area contributed by atoms with E-state index in [1.165, 1.54) is 18.1 Å². The van der Waals surface area contributed by atoms with Gasteiger partial charge in [0.1, 0.15) is 5.57 Å². The van der Waals surface area contributed by atoms with Crippen molar-refractivity contribution in [2.75, 3.05) is 13.7 Å². The van der Waals surface area contributed by atoms with Gasteiger partial charge in [0.2, 0.25) is 0 Å². The minimum Gasteiger partial charge on any atom is -0.493 e. The largest absolute Gasteiger partial charge is 0.493 e. The summed E-state index contributed by atoms with van der Waals surface area (Å²) >= 11 is 3.45. The molecule has 4 amide bonds. The standard InChI is InChI=1S/C20H23BrN2O5/c1-3-28-17-11-15(21)12(10-16(17)27-2)9-14-18(24)22-20(26)23(19(14)25)13-7-5-4-6-8-13/h9-11,13H,3-8H2,1-2H3,(H,22,24,26). The van der Waals surface area contributed by atoms with Crippen LogP contribution in [0.4, 0.5) is 4.79 Å². The van der Waals surface area contributed by atoms with E-state index in [9.17, 15) is 14.4 Å². The zero-order valence-electron chi connectivity index (χ0n) is 15.9. The summed E-state index contributed by atoms with van der Waals surface area (Å²) in [6.07, 6.45) is 6.04. The number of carbonyl (C=O) groups is 3. The van der Waals surface area contributed by atoms with E-state index in [1.807, 2.05) is 6.92 Å². The normalized spacial score (nSPS) is 19.8. The molecule has 3 rings (SSSR count). The number of rotatable bonds is 5. The number of benzene rings is 1. The van der Waals surface area contributed by atoms with Crippen molar-refractivity contribution in [2.24, 2.45) is 0 Å². The summed E-state index contributed by atoms with van der Waals surface area (Å²) < 4.78 is 11.5. The third-order valence-corrected chi connectivity index (χ3v) is 5.64. The minimum absolute atomic E-state index is 0.0721. The van der Waals surface area contributed by atoms with Crippen LogP contribution in [0.5, 0.6) is 11.5 Å². The van der Waals surface area contributed by atoms with Gasteiger partial charge in [0, 0.05) is 10.5 Å². The molecule has 0 atom stereocenters. The third-order valence-electron chi connectivity index (χ3n) is 4.96. The predicted molar refractivity (Wildman–Crippen MR) is 107 cm³/mol. The number of amides is 4. The fraction of sp³-hybridized carbons (Fsp3) is 0.450. The van der Waals surface area contributed by atoms with Crippen molar-refractivity contribution in [1.29, 1.82) is 0 Å². The summed E-state index contributed by atoms with van der Waals surface area (Å²) in [6.45, 7) is 2.34. The van der Waals surface area contributed by atoms with Gasteiger partial charge in [-0.2, -0.15) is 0 Å². The molecule has 0 aromatic heterocycles. The second-order valence-corrected chi connectivity index (χ2v) is 7.60. The predicted octanol–water partition coefficient (Wildman–Crippen LogP) is 3.65.